The van der Waals surface area contributed by atoms with Gasteiger partial charge in [0.25, 0.3) is 0 Å². The van der Waals surface area contributed by atoms with Gasteiger partial charge in [-0.2, -0.15) is 0 Å². The molecule has 0 unspecified atom stereocenters. The van der Waals surface area contributed by atoms with Crippen LogP contribution >= 0.6 is 0 Å². The Labute approximate surface area is 114 Å². The molecule has 20 heavy (non-hydrogen) atoms. The number of aromatic amines is 1. The molecule has 3 N–H and O–H groups in total. The molecule has 3 aromatic rings. The lowest BCUT2D eigenvalue weighted by atomic mass is 10.1. The first kappa shape index (κ1) is 12.5. The van der Waals surface area contributed by atoms with E-state index in [-0.39, 0.29) is 12.4 Å². The molecule has 3 rings (SSSR count). The summed E-state index contributed by atoms with van der Waals surface area (Å²) in [4.78, 5) is 14.9. The summed E-state index contributed by atoms with van der Waals surface area (Å²) in [6.45, 7) is -0.156. The van der Waals surface area contributed by atoms with Crippen LogP contribution in [0.4, 0.5) is 0 Å². The highest BCUT2D eigenvalue weighted by atomic mass is 16.5. The molecule has 0 fully saturated rings. The number of rotatable bonds is 2. The quantitative estimate of drug-likeness (QED) is 0.625. The lowest BCUT2D eigenvalue weighted by Gasteiger charge is -2.01. The maximum atomic E-state index is 11.8. The number of phenols is 1. The number of phenolic OH excluding ortho intramolecular Hbond substituents is 1. The van der Waals surface area contributed by atoms with Crippen LogP contribution in [0.1, 0.15) is 15.9 Å². The molecule has 0 bridgehead atoms. The highest BCUT2D eigenvalue weighted by Gasteiger charge is 2.17. The van der Waals surface area contributed by atoms with E-state index in [9.17, 15) is 15.0 Å². The third-order valence-electron chi connectivity index (χ3n) is 3.43. The maximum Gasteiger partial charge on any atom is 0.339 e. The largest absolute Gasteiger partial charge is 0.507 e. The Morgan fingerprint density at radius 3 is 2.75 bits per heavy atom. The second-order valence-electron chi connectivity index (χ2n) is 4.50. The normalized spacial score (nSPS) is 11.1. The fourth-order valence-electron chi connectivity index (χ4n) is 2.48. The Bertz CT molecular complexity index is 819. The number of benzene rings is 2. The summed E-state index contributed by atoms with van der Waals surface area (Å²) >= 11 is 0. The van der Waals surface area contributed by atoms with Crippen LogP contribution in [0.5, 0.6) is 5.75 Å². The number of carbonyl (C=O) groups is 1. The maximum absolute atomic E-state index is 11.8. The molecule has 0 aliphatic carbocycles. The van der Waals surface area contributed by atoms with Crippen molar-refractivity contribution in [3.8, 4) is 5.75 Å². The second kappa shape index (κ2) is 4.54. The van der Waals surface area contributed by atoms with Crippen molar-refractivity contribution in [2.75, 3.05) is 7.11 Å². The van der Waals surface area contributed by atoms with Crippen LogP contribution in [0.2, 0.25) is 0 Å². The Kier molecular flexibility index (Phi) is 2.84. The molecule has 0 amide bonds. The van der Waals surface area contributed by atoms with E-state index in [1.54, 1.807) is 18.2 Å². The number of aliphatic hydroxyl groups excluding tert-OH is 1. The number of aliphatic hydroxyl groups is 1. The number of aromatic nitrogens is 1. The minimum Gasteiger partial charge on any atom is -0.507 e. The van der Waals surface area contributed by atoms with E-state index in [2.05, 4.69) is 4.98 Å². The van der Waals surface area contributed by atoms with E-state index in [0.29, 0.717) is 27.5 Å². The lowest BCUT2D eigenvalue weighted by Crippen LogP contribution is -2.01. The molecule has 0 atom stereocenters. The topological polar surface area (TPSA) is 82.6 Å². The molecule has 1 heterocycles. The highest BCUT2D eigenvalue weighted by Crippen LogP contribution is 2.35. The van der Waals surface area contributed by atoms with Gasteiger partial charge in [-0.1, -0.05) is 18.2 Å². The van der Waals surface area contributed by atoms with Crippen LogP contribution in [0.25, 0.3) is 21.8 Å². The first-order chi connectivity index (χ1) is 9.67. The van der Waals surface area contributed by atoms with Gasteiger partial charge in [0.15, 0.2) is 0 Å². The zero-order chi connectivity index (χ0) is 14.3. The zero-order valence-electron chi connectivity index (χ0n) is 10.8. The van der Waals surface area contributed by atoms with Crippen LogP contribution in [-0.4, -0.2) is 28.3 Å². The standard InChI is InChI=1S/C15H13NO4/c1-20-15(19)10-4-2-3-9-12-11(18)6-5-8(7-17)13(12)16-14(9)10/h2-6,16-18H,7H2,1H3. The van der Waals surface area contributed by atoms with E-state index >= 15 is 0 Å². The summed E-state index contributed by atoms with van der Waals surface area (Å²) in [7, 11) is 1.32. The predicted molar refractivity (Wildman–Crippen MR) is 74.7 cm³/mol. The van der Waals surface area contributed by atoms with E-state index in [1.165, 1.54) is 13.2 Å². The Morgan fingerprint density at radius 1 is 1.25 bits per heavy atom. The molecule has 0 aliphatic heterocycles. The summed E-state index contributed by atoms with van der Waals surface area (Å²) in [6.07, 6.45) is 0. The van der Waals surface area contributed by atoms with Gasteiger partial charge in [0.1, 0.15) is 5.75 Å². The minimum atomic E-state index is -0.452. The molecule has 0 spiro atoms. The summed E-state index contributed by atoms with van der Waals surface area (Å²) in [5.74, 6) is -0.349. The van der Waals surface area contributed by atoms with E-state index in [4.69, 9.17) is 4.74 Å². The van der Waals surface area contributed by atoms with Crippen molar-refractivity contribution in [1.82, 2.24) is 4.98 Å². The molecule has 1 aromatic heterocycles. The zero-order valence-corrected chi connectivity index (χ0v) is 10.8. The van der Waals surface area contributed by atoms with Gasteiger partial charge >= 0.3 is 5.97 Å². The van der Waals surface area contributed by atoms with Crippen molar-refractivity contribution in [2.24, 2.45) is 0 Å². The van der Waals surface area contributed by atoms with Crippen molar-refractivity contribution in [1.29, 1.82) is 0 Å². The van der Waals surface area contributed by atoms with Crippen molar-refractivity contribution < 1.29 is 19.7 Å². The Hall–Kier alpha value is -2.53. The molecule has 0 saturated heterocycles. The fraction of sp³-hybridized carbons (Fsp3) is 0.133. The Balaban J connectivity index is 2.48. The van der Waals surface area contributed by atoms with Crippen LogP contribution in [-0.2, 0) is 11.3 Å². The van der Waals surface area contributed by atoms with Crippen molar-refractivity contribution in [3.05, 3.63) is 41.5 Å². The third-order valence-corrected chi connectivity index (χ3v) is 3.43. The number of methoxy groups -OCH3 is 1. The van der Waals surface area contributed by atoms with Crippen molar-refractivity contribution in [2.45, 2.75) is 6.61 Å². The van der Waals surface area contributed by atoms with Gasteiger partial charge in [-0.15, -0.1) is 0 Å². The van der Waals surface area contributed by atoms with Gasteiger partial charge in [-0.25, -0.2) is 4.79 Å². The van der Waals surface area contributed by atoms with Crippen LogP contribution in [0.15, 0.2) is 30.3 Å². The van der Waals surface area contributed by atoms with Gasteiger partial charge < -0.3 is 19.9 Å². The van der Waals surface area contributed by atoms with Crippen molar-refractivity contribution >= 4 is 27.8 Å². The molecule has 0 saturated carbocycles. The number of fused-ring (bicyclic) bond motifs is 3. The third kappa shape index (κ3) is 1.64. The monoisotopic (exact) mass is 271 g/mol. The molecule has 102 valence electrons. The highest BCUT2D eigenvalue weighted by molar-refractivity contribution is 6.16. The van der Waals surface area contributed by atoms with E-state index in [0.717, 1.165) is 5.39 Å². The number of H-pyrrole nitrogens is 1. The molecular formula is C15H13NO4. The fourth-order valence-corrected chi connectivity index (χ4v) is 2.48. The minimum absolute atomic E-state index is 0.102. The van der Waals surface area contributed by atoms with Gasteiger partial charge in [0.05, 0.1) is 30.3 Å². The van der Waals surface area contributed by atoms with E-state index < -0.39 is 5.97 Å². The summed E-state index contributed by atoms with van der Waals surface area (Å²) < 4.78 is 4.76. The first-order valence-corrected chi connectivity index (χ1v) is 6.11. The van der Waals surface area contributed by atoms with Crippen LogP contribution in [0.3, 0.4) is 0 Å². The number of nitrogens with one attached hydrogen (secondary N) is 1. The number of carbonyl (C=O) groups excluding carboxylic acids is 1. The number of esters is 1. The SMILES string of the molecule is COC(=O)c1cccc2c1[nH]c1c(CO)ccc(O)c12. The molecule has 0 aliphatic rings. The number of ether oxygens (including phenoxy) is 1. The number of hydrogen-bond donors (Lipinski definition) is 3. The molecule has 2 aromatic carbocycles. The average molecular weight is 271 g/mol. The predicted octanol–water partition coefficient (Wildman–Crippen LogP) is 2.31. The molecule has 5 heteroatoms. The van der Waals surface area contributed by atoms with Gasteiger partial charge in [-0.05, 0) is 12.1 Å². The number of para-hydroxylation sites is 1. The summed E-state index contributed by atoms with van der Waals surface area (Å²) in [6, 6.07) is 8.37. The van der Waals surface area contributed by atoms with Gasteiger partial charge in [0, 0.05) is 16.3 Å². The first-order valence-electron chi connectivity index (χ1n) is 6.11. The molecule has 5 nitrogen and oxygen atoms in total. The summed E-state index contributed by atoms with van der Waals surface area (Å²) in [5.41, 5.74) is 2.26. The number of aromatic hydroxyl groups is 1. The van der Waals surface area contributed by atoms with Crippen LogP contribution in [0, 0.1) is 0 Å². The van der Waals surface area contributed by atoms with Crippen LogP contribution < -0.4 is 0 Å². The smallest absolute Gasteiger partial charge is 0.339 e. The summed E-state index contributed by atoms with van der Waals surface area (Å²) in [5, 5.41) is 20.7. The lowest BCUT2D eigenvalue weighted by molar-refractivity contribution is 0.0603. The molecular weight excluding hydrogens is 258 g/mol. The van der Waals surface area contributed by atoms with Crippen molar-refractivity contribution in [3.63, 3.8) is 0 Å². The molecule has 0 radical (unpaired) electrons. The van der Waals surface area contributed by atoms with Gasteiger partial charge in [0.2, 0.25) is 0 Å². The average Bonchev–Trinajstić information content (AvgIpc) is 2.87. The number of hydrogen-bond acceptors (Lipinski definition) is 4. The van der Waals surface area contributed by atoms with Gasteiger partial charge in [-0.3, -0.25) is 0 Å². The Morgan fingerprint density at radius 2 is 2.05 bits per heavy atom. The van der Waals surface area contributed by atoms with E-state index in [1.807, 2.05) is 6.07 Å². The second-order valence-corrected chi connectivity index (χ2v) is 4.50.